The van der Waals surface area contributed by atoms with Gasteiger partial charge in [-0.3, -0.25) is 5.10 Å². The summed E-state index contributed by atoms with van der Waals surface area (Å²) in [5.74, 6) is 0.851. The van der Waals surface area contributed by atoms with E-state index in [1.807, 2.05) is 32.0 Å². The highest BCUT2D eigenvalue weighted by atomic mass is 16.5. The molecule has 1 aromatic heterocycles. The summed E-state index contributed by atoms with van der Waals surface area (Å²) in [4.78, 5) is 0. The number of fused-ring (bicyclic) bond motifs is 1. The average molecular weight is 345 g/mol. The number of H-pyrrole nitrogens is 1. The molecule has 1 aliphatic heterocycles. The SMILES string of the molecule is CC1=C(C#N)C(c2ccc3[nH]nc(OCC4CC4)c3c2)C(C#N)=C(C)N1. The molecule has 4 rings (SSSR count). The molecule has 1 aliphatic carbocycles. The Morgan fingerprint density at radius 1 is 1.15 bits per heavy atom. The van der Waals surface area contributed by atoms with Gasteiger partial charge < -0.3 is 10.1 Å². The number of benzene rings is 1. The first kappa shape index (κ1) is 16.2. The second-order valence-electron chi connectivity index (χ2n) is 6.95. The lowest BCUT2D eigenvalue weighted by molar-refractivity contribution is 0.291. The van der Waals surface area contributed by atoms with Crippen LogP contribution in [0, 0.1) is 28.6 Å². The van der Waals surface area contributed by atoms with Crippen LogP contribution in [0.4, 0.5) is 0 Å². The lowest BCUT2D eigenvalue weighted by Gasteiger charge is -2.26. The summed E-state index contributed by atoms with van der Waals surface area (Å²) >= 11 is 0. The van der Waals surface area contributed by atoms with Gasteiger partial charge in [0.05, 0.1) is 46.7 Å². The fourth-order valence-corrected chi connectivity index (χ4v) is 3.40. The third-order valence-electron chi connectivity index (χ3n) is 5.04. The van der Waals surface area contributed by atoms with Gasteiger partial charge in [0.2, 0.25) is 5.88 Å². The lowest BCUT2D eigenvalue weighted by Crippen LogP contribution is -2.23. The van der Waals surface area contributed by atoms with Crippen LogP contribution in [0.25, 0.3) is 10.9 Å². The van der Waals surface area contributed by atoms with Gasteiger partial charge in [-0.05, 0) is 50.3 Å². The van der Waals surface area contributed by atoms with Crippen molar-refractivity contribution in [3.63, 3.8) is 0 Å². The molecule has 2 aromatic rings. The fraction of sp³-hybridized carbons (Fsp3) is 0.350. The summed E-state index contributed by atoms with van der Waals surface area (Å²) in [6.07, 6.45) is 2.43. The van der Waals surface area contributed by atoms with Gasteiger partial charge in [-0.25, -0.2) is 0 Å². The van der Waals surface area contributed by atoms with Gasteiger partial charge in [-0.2, -0.15) is 10.5 Å². The Kier molecular flexibility index (Phi) is 3.89. The predicted molar refractivity (Wildman–Crippen MR) is 96.8 cm³/mol. The number of nitrogens with zero attached hydrogens (tertiary/aromatic N) is 3. The van der Waals surface area contributed by atoms with E-state index in [9.17, 15) is 10.5 Å². The molecule has 0 radical (unpaired) electrons. The molecule has 0 atom stereocenters. The fourth-order valence-electron chi connectivity index (χ4n) is 3.40. The summed E-state index contributed by atoms with van der Waals surface area (Å²) < 4.78 is 5.87. The minimum absolute atomic E-state index is 0.373. The number of hydrogen-bond acceptors (Lipinski definition) is 5. The van der Waals surface area contributed by atoms with Crippen LogP contribution in [0.5, 0.6) is 5.88 Å². The smallest absolute Gasteiger partial charge is 0.240 e. The Balaban J connectivity index is 1.79. The third kappa shape index (κ3) is 2.70. The van der Waals surface area contributed by atoms with Crippen molar-refractivity contribution in [1.82, 2.24) is 15.5 Å². The predicted octanol–water partition coefficient (Wildman–Crippen LogP) is 3.63. The number of rotatable bonds is 4. The maximum Gasteiger partial charge on any atom is 0.240 e. The van der Waals surface area contributed by atoms with Crippen molar-refractivity contribution in [2.24, 2.45) is 5.92 Å². The van der Waals surface area contributed by atoms with Crippen LogP contribution in [0.3, 0.4) is 0 Å². The van der Waals surface area contributed by atoms with Gasteiger partial charge in [0.1, 0.15) is 0 Å². The summed E-state index contributed by atoms with van der Waals surface area (Å²) in [7, 11) is 0. The van der Waals surface area contributed by atoms with Crippen LogP contribution in [0.1, 0.15) is 38.2 Å². The zero-order valence-corrected chi connectivity index (χ0v) is 14.8. The molecule has 0 unspecified atom stereocenters. The standard InChI is InChI=1S/C20H19N5O/c1-11-16(8-21)19(17(9-22)12(2)23-11)14-5-6-18-15(7-14)20(25-24-18)26-10-13-3-4-13/h5-7,13,19,23H,3-4,10H2,1-2H3,(H,24,25). The van der Waals surface area contributed by atoms with Crippen LogP contribution >= 0.6 is 0 Å². The van der Waals surface area contributed by atoms with Crippen molar-refractivity contribution >= 4 is 10.9 Å². The third-order valence-corrected chi connectivity index (χ3v) is 5.04. The number of nitriles is 2. The van der Waals surface area contributed by atoms with Crippen molar-refractivity contribution in [2.75, 3.05) is 6.61 Å². The maximum absolute atomic E-state index is 9.65. The van der Waals surface area contributed by atoms with Crippen LogP contribution in [0.15, 0.2) is 40.7 Å². The molecule has 26 heavy (non-hydrogen) atoms. The van der Waals surface area contributed by atoms with Crippen LogP contribution < -0.4 is 10.1 Å². The highest BCUT2D eigenvalue weighted by molar-refractivity contribution is 5.85. The van der Waals surface area contributed by atoms with Crippen molar-refractivity contribution in [3.8, 4) is 18.0 Å². The monoisotopic (exact) mass is 345 g/mol. The van der Waals surface area contributed by atoms with E-state index >= 15 is 0 Å². The van der Waals surface area contributed by atoms with E-state index in [4.69, 9.17) is 4.74 Å². The molecule has 130 valence electrons. The van der Waals surface area contributed by atoms with Crippen molar-refractivity contribution in [2.45, 2.75) is 32.6 Å². The maximum atomic E-state index is 9.65. The van der Waals surface area contributed by atoms with E-state index in [1.54, 1.807) is 0 Å². The summed E-state index contributed by atoms with van der Waals surface area (Å²) in [6, 6.07) is 10.4. The van der Waals surface area contributed by atoms with E-state index in [-0.39, 0.29) is 5.92 Å². The van der Waals surface area contributed by atoms with Gasteiger partial charge in [-0.15, -0.1) is 5.10 Å². The highest BCUT2D eigenvalue weighted by Crippen LogP contribution is 2.39. The van der Waals surface area contributed by atoms with E-state index in [0.717, 1.165) is 27.9 Å². The molecule has 1 aromatic carbocycles. The molecule has 6 heteroatoms. The Bertz CT molecular complexity index is 991. The Hall–Kier alpha value is -3.25. The average Bonchev–Trinajstić information content (AvgIpc) is 3.38. The van der Waals surface area contributed by atoms with E-state index < -0.39 is 0 Å². The van der Waals surface area contributed by atoms with Gasteiger partial charge in [0.15, 0.2) is 0 Å². The highest BCUT2D eigenvalue weighted by Gasteiger charge is 2.30. The number of dihydropyridines is 1. The first-order valence-corrected chi connectivity index (χ1v) is 8.72. The van der Waals surface area contributed by atoms with Gasteiger partial charge in [-0.1, -0.05) is 6.07 Å². The van der Waals surface area contributed by atoms with Crippen LogP contribution in [-0.4, -0.2) is 16.8 Å². The Labute approximate surface area is 151 Å². The molecule has 0 bridgehead atoms. The normalized spacial score (nSPS) is 17.8. The number of aromatic nitrogens is 2. The zero-order chi connectivity index (χ0) is 18.3. The lowest BCUT2D eigenvalue weighted by atomic mass is 9.81. The molecular formula is C20H19N5O. The van der Waals surface area contributed by atoms with Crippen molar-refractivity contribution in [3.05, 3.63) is 46.3 Å². The molecule has 2 N–H and O–H groups in total. The molecule has 1 fully saturated rings. The summed E-state index contributed by atoms with van der Waals surface area (Å²) in [6.45, 7) is 4.41. The van der Waals surface area contributed by atoms with Crippen molar-refractivity contribution < 1.29 is 4.74 Å². The minimum atomic E-state index is -0.373. The molecule has 6 nitrogen and oxygen atoms in total. The summed E-state index contributed by atoms with van der Waals surface area (Å²) in [5.41, 5.74) is 4.47. The number of nitrogens with one attached hydrogen (secondary N) is 2. The first-order chi connectivity index (χ1) is 12.6. The topological polar surface area (TPSA) is 97.5 Å². The number of ether oxygens (including phenoxy) is 1. The van der Waals surface area contributed by atoms with E-state index in [1.165, 1.54) is 12.8 Å². The van der Waals surface area contributed by atoms with Crippen molar-refractivity contribution in [1.29, 1.82) is 10.5 Å². The quantitative estimate of drug-likeness (QED) is 0.882. The second kappa shape index (κ2) is 6.24. The van der Waals surface area contributed by atoms with Gasteiger partial charge in [0, 0.05) is 11.4 Å². The molecule has 0 spiro atoms. The van der Waals surface area contributed by atoms with E-state index in [2.05, 4.69) is 27.7 Å². The summed E-state index contributed by atoms with van der Waals surface area (Å²) in [5, 5.41) is 30.6. The molecule has 2 heterocycles. The number of hydrogen-bond donors (Lipinski definition) is 2. The second-order valence-corrected chi connectivity index (χ2v) is 6.95. The molecular weight excluding hydrogens is 326 g/mol. The molecule has 2 aliphatic rings. The van der Waals surface area contributed by atoms with Gasteiger partial charge in [0.25, 0.3) is 0 Å². The molecule has 0 amide bonds. The Morgan fingerprint density at radius 3 is 2.46 bits per heavy atom. The first-order valence-electron chi connectivity index (χ1n) is 8.72. The number of aromatic amines is 1. The van der Waals surface area contributed by atoms with Gasteiger partial charge >= 0.3 is 0 Å². The van der Waals surface area contributed by atoms with Crippen LogP contribution in [-0.2, 0) is 0 Å². The molecule has 1 saturated carbocycles. The number of allylic oxidation sites excluding steroid dienone is 4. The molecule has 0 saturated heterocycles. The zero-order valence-electron chi connectivity index (χ0n) is 14.8. The van der Waals surface area contributed by atoms with E-state index in [0.29, 0.717) is 29.6 Å². The Morgan fingerprint density at radius 2 is 1.85 bits per heavy atom. The largest absolute Gasteiger partial charge is 0.476 e. The minimum Gasteiger partial charge on any atom is -0.476 e. The van der Waals surface area contributed by atoms with Crippen LogP contribution in [0.2, 0.25) is 0 Å².